The van der Waals surface area contributed by atoms with Crippen molar-refractivity contribution >= 4 is 29.6 Å². The summed E-state index contributed by atoms with van der Waals surface area (Å²) >= 11 is 6.00. The highest BCUT2D eigenvalue weighted by atomic mass is 35.5. The first-order valence-electron chi connectivity index (χ1n) is 8.58. The largest absolute Gasteiger partial charge is 0.455 e. The average Bonchev–Trinajstić information content (AvgIpc) is 3.39. The number of imide groups is 1. The molecule has 0 radical (unpaired) electrons. The number of hydrogen-bond acceptors (Lipinski definition) is 4. The van der Waals surface area contributed by atoms with Gasteiger partial charge in [0.1, 0.15) is 11.5 Å². The second kappa shape index (κ2) is 5.68. The lowest BCUT2D eigenvalue weighted by Crippen LogP contribution is -2.28. The van der Waals surface area contributed by atoms with E-state index in [2.05, 4.69) is 17.3 Å². The smallest absolute Gasteiger partial charge is 0.254 e. The molecular formula is C20H15ClN2O3. The van der Waals surface area contributed by atoms with Crippen LogP contribution in [0.4, 0.5) is 0 Å². The Labute approximate surface area is 154 Å². The normalized spacial score (nSPS) is 29.3. The van der Waals surface area contributed by atoms with Crippen molar-refractivity contribution in [3.8, 4) is 11.3 Å². The first kappa shape index (κ1) is 15.6. The fraction of sp³-hybridized carbons (Fsp3) is 0.250. The van der Waals surface area contributed by atoms with E-state index in [9.17, 15) is 9.59 Å². The molecule has 6 heteroatoms. The van der Waals surface area contributed by atoms with E-state index in [-0.39, 0.29) is 35.5 Å². The van der Waals surface area contributed by atoms with Crippen LogP contribution in [0.3, 0.4) is 0 Å². The number of hydrazone groups is 1. The molecule has 0 N–H and O–H groups in total. The fourth-order valence-corrected chi connectivity index (χ4v) is 4.52. The van der Waals surface area contributed by atoms with Crippen LogP contribution in [0.1, 0.15) is 12.2 Å². The van der Waals surface area contributed by atoms with Crippen molar-refractivity contribution < 1.29 is 14.0 Å². The van der Waals surface area contributed by atoms with E-state index in [1.807, 2.05) is 12.1 Å². The molecule has 26 heavy (non-hydrogen) atoms. The number of allylic oxidation sites excluding steroid dienone is 2. The molecule has 1 aromatic heterocycles. The molecule has 2 aliphatic carbocycles. The third-order valence-electron chi connectivity index (χ3n) is 5.48. The predicted molar refractivity (Wildman–Crippen MR) is 96.3 cm³/mol. The van der Waals surface area contributed by atoms with E-state index in [4.69, 9.17) is 16.0 Å². The molecule has 1 saturated carbocycles. The Bertz CT molecular complexity index is 947. The van der Waals surface area contributed by atoms with Gasteiger partial charge in [-0.15, -0.1) is 0 Å². The van der Waals surface area contributed by atoms with Crippen LogP contribution in [-0.4, -0.2) is 23.0 Å². The van der Waals surface area contributed by atoms with E-state index in [1.165, 1.54) is 6.21 Å². The second-order valence-corrected chi connectivity index (χ2v) is 7.38. The van der Waals surface area contributed by atoms with Crippen LogP contribution in [0.2, 0.25) is 5.02 Å². The monoisotopic (exact) mass is 366 g/mol. The standard InChI is InChI=1S/C20H15ClN2O3/c21-14-3-1-2-11(9-14)16-7-6-15(26-16)10-22-23-19(24)17-12-4-5-13(8-12)18(17)20(23)25/h1-7,9-10,12-13,17-18H,8H2. The molecule has 0 spiro atoms. The molecule has 1 aliphatic heterocycles. The quantitative estimate of drug-likeness (QED) is 0.472. The number of nitrogens with zero attached hydrogens (tertiary/aromatic N) is 2. The number of halogens is 1. The minimum atomic E-state index is -0.242. The zero-order valence-corrected chi connectivity index (χ0v) is 14.5. The van der Waals surface area contributed by atoms with Gasteiger partial charge in [-0.2, -0.15) is 10.1 Å². The molecule has 130 valence electrons. The van der Waals surface area contributed by atoms with E-state index in [1.54, 1.807) is 24.3 Å². The summed E-state index contributed by atoms with van der Waals surface area (Å²) in [4.78, 5) is 25.2. The van der Waals surface area contributed by atoms with Gasteiger partial charge in [-0.25, -0.2) is 0 Å². The summed E-state index contributed by atoms with van der Waals surface area (Å²) < 4.78 is 5.73. The zero-order valence-electron chi connectivity index (χ0n) is 13.7. The number of fused-ring (bicyclic) bond motifs is 5. The van der Waals surface area contributed by atoms with Gasteiger partial charge < -0.3 is 4.42 Å². The number of rotatable bonds is 3. The maximum atomic E-state index is 12.6. The van der Waals surface area contributed by atoms with Gasteiger partial charge in [0.05, 0.1) is 18.1 Å². The van der Waals surface area contributed by atoms with Crippen molar-refractivity contribution in [2.75, 3.05) is 0 Å². The van der Waals surface area contributed by atoms with Crippen LogP contribution in [0, 0.1) is 23.7 Å². The Morgan fingerprint density at radius 2 is 1.81 bits per heavy atom. The first-order valence-corrected chi connectivity index (χ1v) is 8.95. The maximum absolute atomic E-state index is 12.6. The van der Waals surface area contributed by atoms with E-state index >= 15 is 0 Å². The molecule has 2 heterocycles. The summed E-state index contributed by atoms with van der Waals surface area (Å²) in [7, 11) is 0. The van der Waals surface area contributed by atoms with Crippen LogP contribution in [0.25, 0.3) is 11.3 Å². The van der Waals surface area contributed by atoms with Gasteiger partial charge in [0.15, 0.2) is 0 Å². The predicted octanol–water partition coefficient (Wildman–Crippen LogP) is 3.74. The minimum Gasteiger partial charge on any atom is -0.455 e. The highest BCUT2D eigenvalue weighted by Gasteiger charge is 2.59. The zero-order chi connectivity index (χ0) is 17.8. The van der Waals surface area contributed by atoms with Crippen LogP contribution < -0.4 is 0 Å². The molecule has 2 bridgehead atoms. The van der Waals surface area contributed by atoms with Crippen molar-refractivity contribution in [2.45, 2.75) is 6.42 Å². The number of carbonyl (C=O) groups is 2. The van der Waals surface area contributed by atoms with E-state index < -0.39 is 0 Å². The highest BCUT2D eigenvalue weighted by Crippen LogP contribution is 2.52. The molecule has 2 aromatic rings. The molecule has 4 atom stereocenters. The van der Waals surface area contributed by atoms with Gasteiger partial charge in [0.25, 0.3) is 11.8 Å². The third-order valence-corrected chi connectivity index (χ3v) is 5.72. The molecule has 5 rings (SSSR count). The number of benzene rings is 1. The average molecular weight is 367 g/mol. The van der Waals surface area contributed by atoms with Gasteiger partial charge >= 0.3 is 0 Å². The van der Waals surface area contributed by atoms with Crippen molar-refractivity contribution in [3.05, 3.63) is 59.3 Å². The number of furan rings is 1. The first-order chi connectivity index (χ1) is 12.6. The summed E-state index contributed by atoms with van der Waals surface area (Å²) in [5.41, 5.74) is 0.850. The Hall–Kier alpha value is -2.66. The van der Waals surface area contributed by atoms with Crippen molar-refractivity contribution in [1.29, 1.82) is 0 Å². The van der Waals surface area contributed by atoms with Crippen molar-refractivity contribution in [3.63, 3.8) is 0 Å². The Morgan fingerprint density at radius 3 is 2.50 bits per heavy atom. The number of carbonyl (C=O) groups excluding carboxylic acids is 2. The lowest BCUT2D eigenvalue weighted by atomic mass is 9.85. The Morgan fingerprint density at radius 1 is 1.08 bits per heavy atom. The van der Waals surface area contributed by atoms with Crippen LogP contribution in [-0.2, 0) is 9.59 Å². The summed E-state index contributed by atoms with van der Waals surface area (Å²) in [5, 5.41) is 5.76. The molecule has 4 unspecified atom stereocenters. The molecule has 2 amide bonds. The van der Waals surface area contributed by atoms with Gasteiger partial charge in [-0.05, 0) is 42.5 Å². The van der Waals surface area contributed by atoms with Gasteiger partial charge in [0, 0.05) is 10.6 Å². The SMILES string of the molecule is O=C1C2C3C=CC(C3)C2C(=O)N1N=Cc1ccc(-c2cccc(Cl)c2)o1. The van der Waals surface area contributed by atoms with Gasteiger partial charge in [-0.3, -0.25) is 9.59 Å². The molecule has 2 fully saturated rings. The van der Waals surface area contributed by atoms with Crippen LogP contribution in [0.15, 0.2) is 58.1 Å². The second-order valence-electron chi connectivity index (χ2n) is 6.95. The summed E-state index contributed by atoms with van der Waals surface area (Å²) in [6.07, 6.45) is 6.45. The Balaban J connectivity index is 1.37. The highest BCUT2D eigenvalue weighted by molar-refractivity contribution is 6.30. The van der Waals surface area contributed by atoms with E-state index in [0.29, 0.717) is 16.5 Å². The van der Waals surface area contributed by atoms with Gasteiger partial charge in [0.2, 0.25) is 0 Å². The summed E-state index contributed by atoms with van der Waals surface area (Å²) in [6, 6.07) is 10.9. The van der Waals surface area contributed by atoms with Crippen molar-refractivity contribution in [2.24, 2.45) is 28.8 Å². The minimum absolute atomic E-state index is 0.180. The molecule has 3 aliphatic rings. The number of hydrogen-bond donors (Lipinski definition) is 0. The van der Waals surface area contributed by atoms with Crippen molar-refractivity contribution in [1.82, 2.24) is 5.01 Å². The van der Waals surface area contributed by atoms with Gasteiger partial charge in [-0.1, -0.05) is 35.9 Å². The summed E-state index contributed by atoms with van der Waals surface area (Å²) in [5.74, 6) is 0.594. The Kier molecular flexibility index (Phi) is 3.40. The molecule has 5 nitrogen and oxygen atoms in total. The third kappa shape index (κ3) is 2.27. The van der Waals surface area contributed by atoms with Crippen LogP contribution >= 0.6 is 11.6 Å². The van der Waals surface area contributed by atoms with E-state index in [0.717, 1.165) is 17.0 Å². The fourth-order valence-electron chi connectivity index (χ4n) is 4.33. The molecule has 1 saturated heterocycles. The molecular weight excluding hydrogens is 352 g/mol. The maximum Gasteiger partial charge on any atom is 0.254 e. The molecule has 1 aromatic carbocycles. The lowest BCUT2D eigenvalue weighted by molar-refractivity contribution is -0.140. The van der Waals surface area contributed by atoms with Crippen LogP contribution in [0.5, 0.6) is 0 Å². The summed E-state index contributed by atoms with van der Waals surface area (Å²) in [6.45, 7) is 0. The number of amides is 2. The topological polar surface area (TPSA) is 62.9 Å². The lowest BCUT2D eigenvalue weighted by Gasteiger charge is -2.13.